The van der Waals surface area contributed by atoms with E-state index in [4.69, 9.17) is 9.47 Å². The highest BCUT2D eigenvalue weighted by atomic mass is 16.6. The Morgan fingerprint density at radius 1 is 1.23 bits per heavy atom. The molecule has 128 valence electrons. The smallest absolute Gasteiger partial charge is 0.407 e. The van der Waals surface area contributed by atoms with Crippen molar-refractivity contribution in [1.29, 1.82) is 0 Å². The van der Waals surface area contributed by atoms with Crippen LogP contribution in [0.5, 0.6) is 0 Å². The molecule has 0 aromatic heterocycles. The number of alkyl carbamates (subject to hydrolysis) is 1. The van der Waals surface area contributed by atoms with Gasteiger partial charge in [0.2, 0.25) is 0 Å². The molecule has 1 amide bonds. The number of rotatable bonds is 4. The molecule has 1 saturated heterocycles. The molecule has 1 saturated carbocycles. The van der Waals surface area contributed by atoms with Crippen LogP contribution in [0, 0.1) is 0 Å². The van der Waals surface area contributed by atoms with Crippen molar-refractivity contribution in [3.8, 4) is 0 Å². The van der Waals surface area contributed by atoms with Crippen molar-refractivity contribution in [2.75, 3.05) is 6.61 Å². The third kappa shape index (κ3) is 5.43. The monoisotopic (exact) mass is 312 g/mol. The van der Waals surface area contributed by atoms with E-state index >= 15 is 0 Å². The number of ether oxygens (including phenoxy) is 2. The van der Waals surface area contributed by atoms with Gasteiger partial charge >= 0.3 is 6.09 Å². The molecule has 2 fully saturated rings. The number of nitrogens with one attached hydrogen (secondary N) is 2. The minimum Gasteiger partial charge on any atom is -0.444 e. The molecular formula is C17H32N2O3. The molecule has 0 radical (unpaired) electrons. The molecule has 1 aliphatic carbocycles. The first-order chi connectivity index (χ1) is 10.4. The van der Waals surface area contributed by atoms with Crippen molar-refractivity contribution >= 4 is 6.09 Å². The first-order valence-electron chi connectivity index (χ1n) is 8.74. The van der Waals surface area contributed by atoms with Crippen LogP contribution in [0.1, 0.15) is 66.2 Å². The first-order valence-corrected chi connectivity index (χ1v) is 8.74. The average molecular weight is 312 g/mol. The minimum absolute atomic E-state index is 0.178. The van der Waals surface area contributed by atoms with Crippen molar-refractivity contribution in [2.45, 2.75) is 96.1 Å². The summed E-state index contributed by atoms with van der Waals surface area (Å²) in [6, 6.07) is 1.04. The first kappa shape index (κ1) is 17.5. The Balaban J connectivity index is 1.81. The van der Waals surface area contributed by atoms with Crippen LogP contribution in [0.25, 0.3) is 0 Å². The van der Waals surface area contributed by atoms with Gasteiger partial charge in [-0.1, -0.05) is 6.92 Å². The number of carbonyl (C=O) groups is 1. The number of hydrogen-bond donors (Lipinski definition) is 2. The third-order valence-corrected chi connectivity index (χ3v) is 4.49. The van der Waals surface area contributed by atoms with Gasteiger partial charge in [-0.05, 0) is 59.3 Å². The fourth-order valence-electron chi connectivity index (χ4n) is 3.41. The summed E-state index contributed by atoms with van der Waals surface area (Å²) in [4.78, 5) is 12.0. The summed E-state index contributed by atoms with van der Waals surface area (Å²) in [5.74, 6) is 0. The van der Waals surface area contributed by atoms with Gasteiger partial charge in [-0.25, -0.2) is 4.79 Å². The van der Waals surface area contributed by atoms with Crippen molar-refractivity contribution in [3.05, 3.63) is 0 Å². The molecular weight excluding hydrogens is 280 g/mol. The summed E-state index contributed by atoms with van der Waals surface area (Å²) in [7, 11) is 0. The van der Waals surface area contributed by atoms with E-state index < -0.39 is 5.60 Å². The Morgan fingerprint density at radius 3 is 2.64 bits per heavy atom. The topological polar surface area (TPSA) is 59.6 Å². The van der Waals surface area contributed by atoms with E-state index in [0.29, 0.717) is 18.2 Å². The minimum atomic E-state index is -0.444. The largest absolute Gasteiger partial charge is 0.444 e. The molecule has 5 heteroatoms. The molecule has 22 heavy (non-hydrogen) atoms. The molecule has 0 spiro atoms. The maximum Gasteiger partial charge on any atom is 0.407 e. The molecule has 4 unspecified atom stereocenters. The Morgan fingerprint density at radius 2 is 1.95 bits per heavy atom. The van der Waals surface area contributed by atoms with E-state index in [1.165, 1.54) is 0 Å². The van der Waals surface area contributed by atoms with Gasteiger partial charge in [-0.2, -0.15) is 0 Å². The fourth-order valence-corrected chi connectivity index (χ4v) is 3.41. The van der Waals surface area contributed by atoms with E-state index in [-0.39, 0.29) is 12.1 Å². The molecule has 0 aromatic carbocycles. The van der Waals surface area contributed by atoms with Gasteiger partial charge in [0.25, 0.3) is 0 Å². The summed E-state index contributed by atoms with van der Waals surface area (Å²) in [5.41, 5.74) is -0.444. The Bertz CT molecular complexity index is 367. The normalized spacial score (nSPS) is 32.7. The van der Waals surface area contributed by atoms with E-state index in [0.717, 1.165) is 45.1 Å². The average Bonchev–Trinajstić information content (AvgIpc) is 2.84. The van der Waals surface area contributed by atoms with Crippen LogP contribution >= 0.6 is 0 Å². The Hall–Kier alpha value is -0.810. The second kappa shape index (κ2) is 7.64. The zero-order valence-electron chi connectivity index (χ0n) is 14.5. The van der Waals surface area contributed by atoms with Gasteiger partial charge in [-0.15, -0.1) is 0 Å². The van der Waals surface area contributed by atoms with Gasteiger partial charge in [-0.3, -0.25) is 0 Å². The second-order valence-corrected chi connectivity index (χ2v) is 7.58. The van der Waals surface area contributed by atoms with E-state index in [9.17, 15) is 4.79 Å². The van der Waals surface area contributed by atoms with Gasteiger partial charge in [0.1, 0.15) is 5.60 Å². The van der Waals surface area contributed by atoms with Gasteiger partial charge in [0.05, 0.1) is 6.10 Å². The molecule has 2 aliphatic rings. The van der Waals surface area contributed by atoms with Crippen LogP contribution in [0.4, 0.5) is 4.79 Å². The number of hydrogen-bond acceptors (Lipinski definition) is 4. The molecule has 1 aliphatic heterocycles. The standard InChI is InChI=1S/C17H32N2O3/c1-5-13-11-12(9-10-21-13)18-14-7-6-8-15(14)19-16(20)22-17(2,3)4/h12-15,18H,5-11H2,1-4H3,(H,19,20). The van der Waals surface area contributed by atoms with E-state index in [2.05, 4.69) is 17.6 Å². The van der Waals surface area contributed by atoms with E-state index in [1.54, 1.807) is 0 Å². The lowest BCUT2D eigenvalue weighted by Gasteiger charge is -2.33. The molecule has 4 atom stereocenters. The molecule has 5 nitrogen and oxygen atoms in total. The molecule has 1 heterocycles. The van der Waals surface area contributed by atoms with Crippen molar-refractivity contribution in [1.82, 2.24) is 10.6 Å². The maximum absolute atomic E-state index is 12.0. The lowest BCUT2D eigenvalue weighted by molar-refractivity contribution is -0.00260. The zero-order valence-corrected chi connectivity index (χ0v) is 14.5. The van der Waals surface area contributed by atoms with Crippen LogP contribution in [0.3, 0.4) is 0 Å². The summed E-state index contributed by atoms with van der Waals surface area (Å²) in [6.07, 6.45) is 6.58. The third-order valence-electron chi connectivity index (χ3n) is 4.49. The predicted octanol–water partition coefficient (Wildman–Crippen LogP) is 2.98. The van der Waals surface area contributed by atoms with Crippen molar-refractivity contribution < 1.29 is 14.3 Å². The van der Waals surface area contributed by atoms with Crippen LogP contribution in [-0.4, -0.2) is 42.5 Å². The SMILES string of the molecule is CCC1CC(NC2CCCC2NC(=O)OC(C)(C)C)CCO1. The molecule has 0 aromatic rings. The van der Waals surface area contributed by atoms with Crippen molar-refractivity contribution in [3.63, 3.8) is 0 Å². The van der Waals surface area contributed by atoms with Gasteiger partial charge < -0.3 is 20.1 Å². The lowest BCUT2D eigenvalue weighted by atomic mass is 9.99. The van der Waals surface area contributed by atoms with Crippen LogP contribution in [0.2, 0.25) is 0 Å². The summed E-state index contributed by atoms with van der Waals surface area (Å²) in [6.45, 7) is 8.69. The zero-order chi connectivity index (χ0) is 16.2. The quantitative estimate of drug-likeness (QED) is 0.838. The lowest BCUT2D eigenvalue weighted by Crippen LogP contribution is -2.52. The van der Waals surface area contributed by atoms with Gasteiger partial charge in [0.15, 0.2) is 0 Å². The second-order valence-electron chi connectivity index (χ2n) is 7.58. The van der Waals surface area contributed by atoms with Gasteiger partial charge in [0, 0.05) is 24.7 Å². The molecule has 2 N–H and O–H groups in total. The molecule has 0 bridgehead atoms. The highest BCUT2D eigenvalue weighted by molar-refractivity contribution is 5.68. The molecule has 2 rings (SSSR count). The maximum atomic E-state index is 12.0. The summed E-state index contributed by atoms with van der Waals surface area (Å²) in [5, 5.41) is 6.80. The Labute approximate surface area is 134 Å². The fraction of sp³-hybridized carbons (Fsp3) is 0.941. The van der Waals surface area contributed by atoms with E-state index in [1.807, 2.05) is 20.8 Å². The Kier molecular flexibility index (Phi) is 6.09. The van der Waals surface area contributed by atoms with Crippen LogP contribution < -0.4 is 10.6 Å². The summed E-state index contributed by atoms with van der Waals surface area (Å²) < 4.78 is 11.1. The number of amides is 1. The highest BCUT2D eigenvalue weighted by Gasteiger charge is 2.32. The van der Waals surface area contributed by atoms with Crippen LogP contribution in [0.15, 0.2) is 0 Å². The number of carbonyl (C=O) groups excluding carboxylic acids is 1. The van der Waals surface area contributed by atoms with Crippen LogP contribution in [-0.2, 0) is 9.47 Å². The predicted molar refractivity (Wildman–Crippen MR) is 87.0 cm³/mol. The van der Waals surface area contributed by atoms with Crippen molar-refractivity contribution in [2.24, 2.45) is 0 Å². The summed E-state index contributed by atoms with van der Waals surface area (Å²) >= 11 is 0. The highest BCUT2D eigenvalue weighted by Crippen LogP contribution is 2.23.